The summed E-state index contributed by atoms with van der Waals surface area (Å²) in [7, 11) is 0. The van der Waals surface area contributed by atoms with Crippen LogP contribution in [-0.2, 0) is 0 Å². The molecule has 4 aromatic rings. The van der Waals surface area contributed by atoms with Crippen LogP contribution in [0.5, 0.6) is 0 Å². The molecule has 3 heteroatoms. The van der Waals surface area contributed by atoms with Gasteiger partial charge in [-0.15, -0.1) is 0 Å². The molecule has 0 amide bonds. The predicted octanol–water partition coefficient (Wildman–Crippen LogP) is 5.43. The van der Waals surface area contributed by atoms with Crippen molar-refractivity contribution in [2.75, 3.05) is 0 Å². The molecule has 1 nitrogen and oxygen atoms in total. The fourth-order valence-corrected chi connectivity index (χ4v) is 5.15. The van der Waals surface area contributed by atoms with Gasteiger partial charge in [0.1, 0.15) is 0 Å². The van der Waals surface area contributed by atoms with E-state index in [4.69, 9.17) is 0 Å². The molecule has 0 aliphatic carbocycles. The summed E-state index contributed by atoms with van der Waals surface area (Å²) in [5, 5.41) is 0. The van der Waals surface area contributed by atoms with Crippen molar-refractivity contribution in [1.82, 2.24) is 0 Å². The molecule has 0 spiro atoms. The number of hydrogen-bond donors (Lipinski definition) is 0. The van der Waals surface area contributed by atoms with Gasteiger partial charge in [0.15, 0.2) is 0 Å². The third kappa shape index (κ3) is 4.36. The molecule has 2 radical (unpaired) electrons. The Kier molecular flexibility index (Phi) is 6.67. The first-order chi connectivity index (χ1) is 14.7. The Balaban J connectivity index is 1.75. The Morgan fingerprint density at radius 2 is 0.833 bits per heavy atom. The summed E-state index contributed by atoms with van der Waals surface area (Å²) in [6.07, 6.45) is 0. The van der Waals surface area contributed by atoms with Gasteiger partial charge in [0.05, 0.1) is 0 Å². The van der Waals surface area contributed by atoms with E-state index in [0.717, 1.165) is 33.4 Å². The zero-order chi connectivity index (χ0) is 20.9. The topological polar surface area (TPSA) is 17.1 Å². The van der Waals surface area contributed by atoms with Gasteiger partial charge in [0.2, 0.25) is 0 Å². The van der Waals surface area contributed by atoms with E-state index in [-0.39, 0.29) is 15.4 Å². The molecule has 0 saturated heterocycles. The van der Waals surface area contributed by atoms with Gasteiger partial charge in [0.25, 0.3) is 0 Å². The minimum absolute atomic E-state index is 0.0108. The molecule has 0 heterocycles. The van der Waals surface area contributed by atoms with Gasteiger partial charge in [-0.05, 0) is 0 Å². The maximum atomic E-state index is 13.7. The molecule has 0 aliphatic heterocycles. The summed E-state index contributed by atoms with van der Waals surface area (Å²) >= 11 is 6.52. The molecule has 0 bridgehead atoms. The van der Waals surface area contributed by atoms with E-state index >= 15 is 0 Å². The summed E-state index contributed by atoms with van der Waals surface area (Å²) in [5.41, 5.74) is 5.77. The van der Waals surface area contributed by atoms with Crippen LogP contribution in [0.15, 0.2) is 109 Å². The first kappa shape index (κ1) is 20.8. The van der Waals surface area contributed by atoms with Crippen molar-refractivity contribution in [3.63, 3.8) is 0 Å². The fraction of sp³-hybridized carbons (Fsp3) is 0.0741. The first-order valence-corrected chi connectivity index (χ1v) is 11.8. The Labute approximate surface area is 194 Å². The number of ketones is 1. The summed E-state index contributed by atoms with van der Waals surface area (Å²) in [5.74, 6) is 0.0496. The molecular weight excluding hydrogens is 498 g/mol. The average Bonchev–Trinajstić information content (AvgIpc) is 2.84. The second-order valence-electron chi connectivity index (χ2n) is 7.09. The van der Waals surface area contributed by atoms with E-state index in [1.54, 1.807) is 0 Å². The molecule has 0 aliphatic rings. The van der Waals surface area contributed by atoms with E-state index in [1.807, 2.05) is 84.9 Å². The second kappa shape index (κ2) is 9.60. The van der Waals surface area contributed by atoms with Crippen molar-refractivity contribution in [2.24, 2.45) is 0 Å². The minimum atomic E-state index is 0.0108. The van der Waals surface area contributed by atoms with Crippen LogP contribution in [0.4, 0.5) is 0 Å². The standard InChI is InChI=1S/C27H20OSe2/c28-25(21-15-7-9-17-23(21)26(29)19-11-3-1-4-12-19)22-16-8-10-18-24(22)27(30)20-13-5-2-6-14-20/h1-18,26-27H. The molecule has 30 heavy (non-hydrogen) atoms. The van der Waals surface area contributed by atoms with Crippen LogP contribution < -0.4 is 0 Å². The molecule has 0 N–H and O–H groups in total. The van der Waals surface area contributed by atoms with E-state index < -0.39 is 0 Å². The van der Waals surface area contributed by atoms with Gasteiger partial charge < -0.3 is 0 Å². The van der Waals surface area contributed by atoms with Crippen molar-refractivity contribution in [1.29, 1.82) is 0 Å². The molecule has 2 unspecified atom stereocenters. The first-order valence-electron chi connectivity index (χ1n) is 9.81. The van der Waals surface area contributed by atoms with Crippen LogP contribution in [0.25, 0.3) is 0 Å². The van der Waals surface area contributed by atoms with E-state index in [1.165, 1.54) is 0 Å². The zero-order valence-electron chi connectivity index (χ0n) is 16.3. The van der Waals surface area contributed by atoms with Crippen molar-refractivity contribution < 1.29 is 4.79 Å². The van der Waals surface area contributed by atoms with Crippen LogP contribution in [-0.4, -0.2) is 37.8 Å². The van der Waals surface area contributed by atoms with E-state index in [0.29, 0.717) is 0 Å². The fourth-order valence-electron chi connectivity index (χ4n) is 3.62. The van der Waals surface area contributed by atoms with Crippen molar-refractivity contribution in [3.8, 4) is 0 Å². The van der Waals surface area contributed by atoms with Crippen LogP contribution in [0.2, 0.25) is 0 Å². The molecule has 4 rings (SSSR count). The Bertz CT molecular complexity index is 1050. The molecule has 0 fully saturated rings. The molecule has 2 atom stereocenters. The van der Waals surface area contributed by atoms with Crippen LogP contribution in [0, 0.1) is 0 Å². The number of carbonyl (C=O) groups is 1. The number of benzene rings is 4. The Hall–Kier alpha value is -2.41. The summed E-state index contributed by atoms with van der Waals surface area (Å²) in [6, 6.07) is 36.2. The van der Waals surface area contributed by atoms with Gasteiger partial charge >= 0.3 is 195 Å². The third-order valence-corrected chi connectivity index (χ3v) is 7.39. The molecular formula is C27H20OSe2. The quantitative estimate of drug-likeness (QED) is 0.246. The van der Waals surface area contributed by atoms with Crippen molar-refractivity contribution in [2.45, 2.75) is 9.63 Å². The van der Waals surface area contributed by atoms with Crippen molar-refractivity contribution in [3.05, 3.63) is 143 Å². The SMILES string of the molecule is O=C(c1ccccc1C([Se])c1ccccc1)c1ccccc1C([Se])c1ccccc1. The third-order valence-electron chi connectivity index (χ3n) is 5.18. The molecule has 4 aromatic carbocycles. The number of carbonyl (C=O) groups excluding carboxylic acids is 1. The van der Waals surface area contributed by atoms with Gasteiger partial charge in [-0.2, -0.15) is 0 Å². The van der Waals surface area contributed by atoms with Gasteiger partial charge in [-0.1, -0.05) is 0 Å². The summed E-state index contributed by atoms with van der Waals surface area (Å²) < 4.78 is 0. The van der Waals surface area contributed by atoms with E-state index in [2.05, 4.69) is 56.3 Å². The van der Waals surface area contributed by atoms with E-state index in [9.17, 15) is 4.79 Å². The molecule has 0 aromatic heterocycles. The predicted molar refractivity (Wildman–Crippen MR) is 124 cm³/mol. The average molecular weight is 518 g/mol. The van der Waals surface area contributed by atoms with Crippen molar-refractivity contribution >= 4 is 37.8 Å². The van der Waals surface area contributed by atoms with Crippen LogP contribution in [0.3, 0.4) is 0 Å². The number of rotatable bonds is 6. The molecule has 146 valence electrons. The monoisotopic (exact) mass is 520 g/mol. The Morgan fingerprint density at radius 3 is 1.23 bits per heavy atom. The summed E-state index contributed by atoms with van der Waals surface area (Å²) in [4.78, 5) is 13.8. The van der Waals surface area contributed by atoms with Gasteiger partial charge in [0, 0.05) is 0 Å². The second-order valence-corrected chi connectivity index (χ2v) is 9.06. The van der Waals surface area contributed by atoms with Crippen LogP contribution >= 0.6 is 0 Å². The normalized spacial score (nSPS) is 12.9. The molecule has 0 saturated carbocycles. The maximum absolute atomic E-state index is 13.7. The van der Waals surface area contributed by atoms with Gasteiger partial charge in [-0.3, -0.25) is 0 Å². The Morgan fingerprint density at radius 1 is 0.500 bits per heavy atom. The van der Waals surface area contributed by atoms with Crippen LogP contribution in [0.1, 0.15) is 47.8 Å². The number of hydrogen-bond acceptors (Lipinski definition) is 1. The summed E-state index contributed by atoms with van der Waals surface area (Å²) in [6.45, 7) is 0. The zero-order valence-corrected chi connectivity index (χ0v) is 19.7. The van der Waals surface area contributed by atoms with Gasteiger partial charge in [-0.25, -0.2) is 0 Å².